The number of sulfonamides is 1. The van der Waals surface area contributed by atoms with Gasteiger partial charge in [0.25, 0.3) is 0 Å². The van der Waals surface area contributed by atoms with Crippen LogP contribution in [-0.4, -0.2) is 42.2 Å². The quantitative estimate of drug-likeness (QED) is 0.642. The van der Waals surface area contributed by atoms with Crippen molar-refractivity contribution in [3.8, 4) is 0 Å². The number of rotatable bonds is 7. The molecule has 8 nitrogen and oxygen atoms in total. The van der Waals surface area contributed by atoms with Gasteiger partial charge in [0.15, 0.2) is 0 Å². The van der Waals surface area contributed by atoms with Crippen molar-refractivity contribution in [2.75, 3.05) is 6.54 Å². The van der Waals surface area contributed by atoms with Crippen LogP contribution in [-0.2, 0) is 21.9 Å². The summed E-state index contributed by atoms with van der Waals surface area (Å²) in [6.45, 7) is 10.8. The maximum Gasteiger partial charge on any atom is 0.244 e. The third kappa shape index (κ3) is 4.14. The van der Waals surface area contributed by atoms with E-state index in [1.54, 1.807) is 20.9 Å². The maximum absolute atomic E-state index is 12.6. The van der Waals surface area contributed by atoms with Crippen LogP contribution >= 0.6 is 0 Å². The van der Waals surface area contributed by atoms with E-state index in [2.05, 4.69) is 15.1 Å². The first-order valence-electron chi connectivity index (χ1n) is 7.90. The molecule has 0 aliphatic carbocycles. The highest BCUT2D eigenvalue weighted by Gasteiger charge is 2.33. The van der Waals surface area contributed by atoms with Crippen LogP contribution in [0, 0.1) is 19.8 Å². The summed E-state index contributed by atoms with van der Waals surface area (Å²) in [6.07, 6.45) is 0. The van der Waals surface area contributed by atoms with Gasteiger partial charge in [0.05, 0.1) is 23.0 Å². The van der Waals surface area contributed by atoms with E-state index in [-0.39, 0.29) is 17.4 Å². The number of nitrogens with two attached hydrogens (primary N) is 1. The van der Waals surface area contributed by atoms with E-state index in [9.17, 15) is 13.2 Å². The molecule has 4 N–H and O–H groups in total. The molecule has 0 spiro atoms. The Labute approximate surface area is 144 Å². The van der Waals surface area contributed by atoms with Crippen molar-refractivity contribution in [2.24, 2.45) is 18.7 Å². The van der Waals surface area contributed by atoms with Gasteiger partial charge in [0, 0.05) is 13.6 Å². The summed E-state index contributed by atoms with van der Waals surface area (Å²) < 4.78 is 29.1. The first-order valence-corrected chi connectivity index (χ1v) is 9.38. The normalized spacial score (nSPS) is 16.0. The highest BCUT2D eigenvalue weighted by molar-refractivity contribution is 7.89. The zero-order valence-corrected chi connectivity index (χ0v) is 16.3. The summed E-state index contributed by atoms with van der Waals surface area (Å²) >= 11 is 0. The number of aryl methyl sites for hydroxylation is 2. The van der Waals surface area contributed by atoms with Gasteiger partial charge in [-0.2, -0.15) is 9.82 Å². The molecule has 0 aromatic carbocycles. The van der Waals surface area contributed by atoms with Gasteiger partial charge in [-0.25, -0.2) is 8.42 Å². The zero-order valence-electron chi connectivity index (χ0n) is 15.5. The molecule has 0 aliphatic rings. The van der Waals surface area contributed by atoms with Crippen molar-refractivity contribution in [1.29, 1.82) is 0 Å². The van der Waals surface area contributed by atoms with Crippen LogP contribution in [0.15, 0.2) is 4.90 Å². The van der Waals surface area contributed by atoms with Crippen molar-refractivity contribution >= 4 is 15.9 Å². The fourth-order valence-corrected chi connectivity index (χ4v) is 3.95. The van der Waals surface area contributed by atoms with Crippen molar-refractivity contribution in [3.05, 3.63) is 11.4 Å². The number of aromatic nitrogens is 2. The summed E-state index contributed by atoms with van der Waals surface area (Å²) in [6, 6.07) is -0.932. The fraction of sp³-hybridized carbons (Fsp3) is 0.733. The Bertz CT molecular complexity index is 711. The van der Waals surface area contributed by atoms with Gasteiger partial charge in [-0.3, -0.25) is 9.48 Å². The van der Waals surface area contributed by atoms with Crippen LogP contribution in [0.4, 0.5) is 0 Å². The third-order valence-corrected chi connectivity index (χ3v) is 6.34. The number of carbonyl (C=O) groups excluding carboxylic acids is 1. The molecule has 0 saturated carbocycles. The summed E-state index contributed by atoms with van der Waals surface area (Å²) in [4.78, 5) is 12.5. The molecule has 1 aromatic heterocycles. The number of carbonyl (C=O) groups is 1. The molecule has 9 heteroatoms. The Morgan fingerprint density at radius 1 is 1.33 bits per heavy atom. The summed E-state index contributed by atoms with van der Waals surface area (Å²) in [5.74, 6) is -0.308. The second-order valence-corrected chi connectivity index (χ2v) is 8.38. The Morgan fingerprint density at radius 2 is 1.88 bits per heavy atom. The van der Waals surface area contributed by atoms with Gasteiger partial charge in [0.1, 0.15) is 4.90 Å². The van der Waals surface area contributed by atoms with E-state index in [0.717, 1.165) is 0 Å². The smallest absolute Gasteiger partial charge is 0.244 e. The van der Waals surface area contributed by atoms with Crippen molar-refractivity contribution < 1.29 is 13.2 Å². The molecule has 1 aromatic rings. The third-order valence-electron chi connectivity index (χ3n) is 4.54. The van der Waals surface area contributed by atoms with Crippen molar-refractivity contribution in [1.82, 2.24) is 19.8 Å². The van der Waals surface area contributed by atoms with Crippen LogP contribution in [0.3, 0.4) is 0 Å². The van der Waals surface area contributed by atoms with Crippen LogP contribution < -0.4 is 15.8 Å². The molecule has 0 fully saturated rings. The fourth-order valence-electron chi connectivity index (χ4n) is 2.31. The van der Waals surface area contributed by atoms with Crippen LogP contribution in [0.2, 0.25) is 0 Å². The lowest BCUT2D eigenvalue weighted by atomic mass is 9.88. The average molecular weight is 359 g/mol. The van der Waals surface area contributed by atoms with E-state index >= 15 is 0 Å². The van der Waals surface area contributed by atoms with E-state index < -0.39 is 27.5 Å². The highest BCUT2D eigenvalue weighted by Crippen LogP contribution is 2.19. The molecule has 2 unspecified atom stereocenters. The molecule has 24 heavy (non-hydrogen) atoms. The highest BCUT2D eigenvalue weighted by atomic mass is 32.2. The molecule has 0 aliphatic heterocycles. The second-order valence-electron chi connectivity index (χ2n) is 6.73. The molecule has 138 valence electrons. The van der Waals surface area contributed by atoms with E-state index in [4.69, 9.17) is 5.73 Å². The minimum Gasteiger partial charge on any atom is -0.348 e. The molecule has 0 bridgehead atoms. The summed E-state index contributed by atoms with van der Waals surface area (Å²) in [5.41, 5.74) is 6.06. The minimum atomic E-state index is -3.85. The van der Waals surface area contributed by atoms with Gasteiger partial charge in [-0.15, -0.1) is 0 Å². The van der Waals surface area contributed by atoms with Crippen molar-refractivity contribution in [3.63, 3.8) is 0 Å². The standard InChI is InChI=1S/C15H29N5O3S/c1-9(2)15(6,8-16)17-14(21)11(4)19-24(22,23)13-10(3)18-20(7)12(13)5/h9,11,19H,8,16H2,1-7H3,(H,17,21). The van der Waals surface area contributed by atoms with E-state index in [1.165, 1.54) is 11.6 Å². The SMILES string of the molecule is Cc1nn(C)c(C)c1S(=O)(=O)NC(C)C(=O)NC(C)(CN)C(C)C. The van der Waals surface area contributed by atoms with Gasteiger partial charge in [-0.05, 0) is 33.6 Å². The number of hydrogen-bond acceptors (Lipinski definition) is 5. The molecular weight excluding hydrogens is 330 g/mol. The second kappa shape index (κ2) is 7.20. The van der Waals surface area contributed by atoms with Gasteiger partial charge in [-0.1, -0.05) is 13.8 Å². The van der Waals surface area contributed by atoms with Crippen LogP contribution in [0.25, 0.3) is 0 Å². The van der Waals surface area contributed by atoms with E-state index in [1.807, 2.05) is 20.8 Å². The molecular formula is C15H29N5O3S. The molecule has 2 atom stereocenters. The Balaban J connectivity index is 2.97. The lowest BCUT2D eigenvalue weighted by Crippen LogP contribution is -2.59. The topological polar surface area (TPSA) is 119 Å². The summed E-state index contributed by atoms with van der Waals surface area (Å²) in [7, 11) is -2.18. The Kier molecular flexibility index (Phi) is 6.18. The van der Waals surface area contributed by atoms with Crippen LogP contribution in [0.5, 0.6) is 0 Å². The predicted molar refractivity (Wildman–Crippen MR) is 92.9 cm³/mol. The minimum absolute atomic E-state index is 0.107. The van der Waals surface area contributed by atoms with E-state index in [0.29, 0.717) is 11.4 Å². The maximum atomic E-state index is 12.6. The lowest BCUT2D eigenvalue weighted by molar-refractivity contribution is -0.124. The monoisotopic (exact) mass is 359 g/mol. The average Bonchev–Trinajstić information content (AvgIpc) is 2.71. The van der Waals surface area contributed by atoms with Crippen LogP contribution in [0.1, 0.15) is 39.1 Å². The summed E-state index contributed by atoms with van der Waals surface area (Å²) in [5, 5.41) is 6.94. The first kappa shape index (κ1) is 20.6. The molecule has 0 radical (unpaired) electrons. The Hall–Kier alpha value is -1.45. The number of amides is 1. The molecule has 1 heterocycles. The largest absolute Gasteiger partial charge is 0.348 e. The van der Waals surface area contributed by atoms with Gasteiger partial charge in [0.2, 0.25) is 15.9 Å². The van der Waals surface area contributed by atoms with Gasteiger partial charge >= 0.3 is 0 Å². The predicted octanol–water partition coefficient (Wildman–Crippen LogP) is 0.193. The molecule has 1 amide bonds. The number of hydrogen-bond donors (Lipinski definition) is 3. The molecule has 1 rings (SSSR count). The molecule has 0 saturated heterocycles. The lowest BCUT2D eigenvalue weighted by Gasteiger charge is -2.34. The number of nitrogens with zero attached hydrogens (tertiary/aromatic N) is 2. The zero-order chi connectivity index (χ0) is 18.9. The Morgan fingerprint density at radius 3 is 2.25 bits per heavy atom. The van der Waals surface area contributed by atoms with Crippen molar-refractivity contribution in [2.45, 2.75) is 58.0 Å². The van der Waals surface area contributed by atoms with Gasteiger partial charge < -0.3 is 11.1 Å². The first-order chi connectivity index (χ1) is 10.9. The number of nitrogens with one attached hydrogen (secondary N) is 2.